The van der Waals surface area contributed by atoms with Gasteiger partial charge in [0, 0.05) is 19.5 Å². The number of carbonyl (C=O) groups is 1. The third kappa shape index (κ3) is 3.78. The molecule has 1 N–H and O–H groups in total. The zero-order valence-corrected chi connectivity index (χ0v) is 15.4. The molecule has 0 unspecified atom stereocenters. The van der Waals surface area contributed by atoms with Crippen LogP contribution in [0, 0.1) is 5.82 Å². The summed E-state index contributed by atoms with van der Waals surface area (Å²) in [5.41, 5.74) is 1.61. The van der Waals surface area contributed by atoms with Gasteiger partial charge in [-0.15, -0.1) is 0 Å². The van der Waals surface area contributed by atoms with Crippen LogP contribution in [0.25, 0.3) is 0 Å². The van der Waals surface area contributed by atoms with Crippen LogP contribution >= 0.6 is 0 Å². The lowest BCUT2D eigenvalue weighted by molar-refractivity contribution is -0.118. The van der Waals surface area contributed by atoms with Gasteiger partial charge in [-0.25, -0.2) is 17.5 Å². The van der Waals surface area contributed by atoms with Gasteiger partial charge in [-0.3, -0.25) is 4.79 Å². The molecule has 0 aromatic heterocycles. The predicted octanol–water partition coefficient (Wildman–Crippen LogP) is 2.99. The molecule has 5 nitrogen and oxygen atoms in total. The second-order valence-electron chi connectivity index (χ2n) is 6.27. The highest BCUT2D eigenvalue weighted by molar-refractivity contribution is 7.89. The normalized spacial score (nSPS) is 14.4. The van der Waals surface area contributed by atoms with Crippen LogP contribution in [-0.2, 0) is 27.8 Å². The lowest BCUT2D eigenvalue weighted by Crippen LogP contribution is -2.36. The number of hydrogen-bond acceptors (Lipinski definition) is 3. The third-order valence-electron chi connectivity index (χ3n) is 4.35. The minimum atomic E-state index is -3.66. The number of hydrogen-bond donors (Lipinski definition) is 1. The number of rotatable bonds is 6. The molecule has 1 aliphatic heterocycles. The van der Waals surface area contributed by atoms with Gasteiger partial charge in [0.1, 0.15) is 5.82 Å². The Morgan fingerprint density at radius 3 is 2.58 bits per heavy atom. The molecule has 2 aromatic rings. The minimum Gasteiger partial charge on any atom is -0.309 e. The fourth-order valence-corrected chi connectivity index (χ4v) is 4.17. The van der Waals surface area contributed by atoms with Crippen molar-refractivity contribution < 1.29 is 17.6 Å². The zero-order chi connectivity index (χ0) is 18.7. The summed E-state index contributed by atoms with van der Waals surface area (Å²) in [6, 6.07) is 11.1. The van der Waals surface area contributed by atoms with Gasteiger partial charge in [-0.1, -0.05) is 31.2 Å². The Kier molecular flexibility index (Phi) is 5.38. The quantitative estimate of drug-likeness (QED) is 0.843. The molecule has 3 rings (SSSR count). The fourth-order valence-electron chi connectivity index (χ4n) is 3.14. The summed E-state index contributed by atoms with van der Waals surface area (Å²) in [6.45, 7) is 2.40. The monoisotopic (exact) mass is 376 g/mol. The summed E-state index contributed by atoms with van der Waals surface area (Å²) >= 11 is 0. The molecule has 1 aliphatic rings. The Labute approximate surface area is 152 Å². The van der Waals surface area contributed by atoms with Gasteiger partial charge < -0.3 is 4.90 Å². The van der Waals surface area contributed by atoms with Crippen LogP contribution in [0.4, 0.5) is 10.1 Å². The fraction of sp³-hybridized carbons (Fsp3) is 0.316. The third-order valence-corrected chi connectivity index (χ3v) is 5.77. The van der Waals surface area contributed by atoms with Gasteiger partial charge >= 0.3 is 0 Å². The Morgan fingerprint density at radius 1 is 1.15 bits per heavy atom. The number of halogens is 1. The van der Waals surface area contributed by atoms with Crippen molar-refractivity contribution in [3.05, 3.63) is 59.4 Å². The molecule has 1 heterocycles. The van der Waals surface area contributed by atoms with Crippen molar-refractivity contribution in [2.24, 2.45) is 0 Å². The second kappa shape index (κ2) is 7.55. The second-order valence-corrected chi connectivity index (χ2v) is 8.04. The first-order valence-corrected chi connectivity index (χ1v) is 10.1. The average Bonchev–Trinajstić information content (AvgIpc) is 2.63. The van der Waals surface area contributed by atoms with Crippen molar-refractivity contribution in [2.45, 2.75) is 37.6 Å². The van der Waals surface area contributed by atoms with Crippen molar-refractivity contribution in [2.75, 3.05) is 11.4 Å². The van der Waals surface area contributed by atoms with E-state index in [1.54, 1.807) is 24.3 Å². The summed E-state index contributed by atoms with van der Waals surface area (Å²) in [6.07, 6.45) is 1.54. The lowest BCUT2D eigenvalue weighted by Gasteiger charge is -2.30. The van der Waals surface area contributed by atoms with Crippen LogP contribution in [0.1, 0.15) is 30.9 Å². The number of carbonyl (C=O) groups excluding carboxylic acids is 1. The number of sulfonamides is 1. The minimum absolute atomic E-state index is 0.0108. The van der Waals surface area contributed by atoms with Crippen LogP contribution in [-0.4, -0.2) is 20.9 Å². The van der Waals surface area contributed by atoms with E-state index in [2.05, 4.69) is 4.72 Å². The summed E-state index contributed by atoms with van der Waals surface area (Å²) in [5.74, 6) is -0.561. The van der Waals surface area contributed by atoms with Gasteiger partial charge in [0.15, 0.2) is 0 Å². The molecular formula is C19H21FN2O3S. The smallest absolute Gasteiger partial charge is 0.240 e. The molecule has 0 bridgehead atoms. The molecule has 0 spiro atoms. The number of anilines is 1. The lowest BCUT2D eigenvalue weighted by atomic mass is 9.98. The molecule has 0 saturated carbocycles. The highest BCUT2D eigenvalue weighted by Crippen LogP contribution is 2.32. The van der Waals surface area contributed by atoms with Crippen LogP contribution in [0.2, 0.25) is 0 Å². The Hall–Kier alpha value is -2.25. The molecule has 0 saturated heterocycles. The van der Waals surface area contributed by atoms with Gasteiger partial charge in [0.25, 0.3) is 0 Å². The molecule has 0 atom stereocenters. The number of benzene rings is 2. The van der Waals surface area contributed by atoms with Gasteiger partial charge in [-0.2, -0.15) is 0 Å². The van der Waals surface area contributed by atoms with Gasteiger partial charge in [-0.05, 0) is 42.2 Å². The molecule has 1 amide bonds. The molecule has 0 fully saturated rings. The maximum Gasteiger partial charge on any atom is 0.240 e. The molecule has 0 aliphatic carbocycles. The van der Waals surface area contributed by atoms with E-state index in [0.29, 0.717) is 30.6 Å². The number of amides is 1. The first-order chi connectivity index (χ1) is 12.4. The Bertz CT molecular complexity index is 914. The first kappa shape index (κ1) is 18.5. The van der Waals surface area contributed by atoms with E-state index in [1.165, 1.54) is 23.1 Å². The summed E-state index contributed by atoms with van der Waals surface area (Å²) in [7, 11) is -3.66. The first-order valence-electron chi connectivity index (χ1n) is 8.58. The molecule has 138 valence electrons. The number of aryl methyl sites for hydroxylation is 1. The maximum atomic E-state index is 14.7. The highest BCUT2D eigenvalue weighted by atomic mass is 32.2. The van der Waals surface area contributed by atoms with Crippen molar-refractivity contribution in [1.29, 1.82) is 0 Å². The molecule has 7 heteroatoms. The number of fused-ring (bicyclic) bond motifs is 1. The van der Waals surface area contributed by atoms with Crippen molar-refractivity contribution in [1.82, 2.24) is 4.72 Å². The Balaban J connectivity index is 1.83. The zero-order valence-electron chi connectivity index (χ0n) is 14.5. The van der Waals surface area contributed by atoms with E-state index < -0.39 is 15.8 Å². The maximum absolute atomic E-state index is 14.7. The number of nitrogens with one attached hydrogen (secondary N) is 1. The summed E-state index contributed by atoms with van der Waals surface area (Å²) in [4.78, 5) is 13.7. The topological polar surface area (TPSA) is 66.5 Å². The van der Waals surface area contributed by atoms with E-state index in [-0.39, 0.29) is 17.3 Å². The summed E-state index contributed by atoms with van der Waals surface area (Å²) in [5, 5.41) is 0. The summed E-state index contributed by atoms with van der Waals surface area (Å²) < 4.78 is 41.7. The Morgan fingerprint density at radius 2 is 1.88 bits per heavy atom. The van der Waals surface area contributed by atoms with E-state index in [1.807, 2.05) is 6.92 Å². The van der Waals surface area contributed by atoms with Crippen molar-refractivity contribution in [3.63, 3.8) is 0 Å². The van der Waals surface area contributed by atoms with Crippen LogP contribution in [0.5, 0.6) is 0 Å². The average molecular weight is 376 g/mol. The standard InChI is InChI=1S/C19H21FN2O3S/c1-2-10-22-18(23)9-8-15-11-14(12-17(20)19(15)22)13-21-26(24,25)16-6-4-3-5-7-16/h3-7,11-12,21H,2,8-10,13H2,1H3. The molecular weight excluding hydrogens is 355 g/mol. The largest absolute Gasteiger partial charge is 0.309 e. The van der Waals surface area contributed by atoms with Crippen molar-refractivity contribution in [3.8, 4) is 0 Å². The van der Waals surface area contributed by atoms with Crippen molar-refractivity contribution >= 4 is 21.6 Å². The number of nitrogens with zero attached hydrogens (tertiary/aromatic N) is 1. The highest BCUT2D eigenvalue weighted by Gasteiger charge is 2.27. The van der Waals surface area contributed by atoms with Crippen LogP contribution < -0.4 is 9.62 Å². The van der Waals surface area contributed by atoms with E-state index in [9.17, 15) is 17.6 Å². The predicted molar refractivity (Wildman–Crippen MR) is 97.8 cm³/mol. The molecule has 0 radical (unpaired) electrons. The van der Waals surface area contributed by atoms with Gasteiger partial charge in [0.2, 0.25) is 15.9 Å². The van der Waals surface area contributed by atoms with E-state index >= 15 is 0 Å². The van der Waals surface area contributed by atoms with E-state index in [0.717, 1.165) is 12.0 Å². The molecule has 2 aromatic carbocycles. The van der Waals surface area contributed by atoms with Crippen LogP contribution in [0.3, 0.4) is 0 Å². The SMILES string of the molecule is CCCN1C(=O)CCc2cc(CNS(=O)(=O)c3ccccc3)cc(F)c21. The van der Waals surface area contributed by atoms with Gasteiger partial charge in [0.05, 0.1) is 10.6 Å². The van der Waals surface area contributed by atoms with Crippen LogP contribution in [0.15, 0.2) is 47.4 Å². The molecule has 26 heavy (non-hydrogen) atoms. The van der Waals surface area contributed by atoms with E-state index in [4.69, 9.17) is 0 Å².